The van der Waals surface area contributed by atoms with Gasteiger partial charge in [0.05, 0.1) is 13.2 Å². The van der Waals surface area contributed by atoms with E-state index in [0.717, 1.165) is 0 Å². The fraction of sp³-hybridized carbons (Fsp3) is 1.00. The van der Waals surface area contributed by atoms with E-state index in [2.05, 4.69) is 0 Å². The van der Waals surface area contributed by atoms with E-state index in [1.54, 1.807) is 7.11 Å². The Balaban J connectivity index is 0. The second-order valence-electron chi connectivity index (χ2n) is 3.01. The lowest BCUT2D eigenvalue weighted by molar-refractivity contribution is 0.0556. The molecule has 0 aliphatic heterocycles. The van der Waals surface area contributed by atoms with E-state index >= 15 is 0 Å². The van der Waals surface area contributed by atoms with Crippen molar-refractivity contribution in [3.8, 4) is 0 Å². The molecule has 74 valence electrons. The fourth-order valence-corrected chi connectivity index (χ4v) is 0.436. The first-order valence-corrected chi connectivity index (χ1v) is 4.47. The highest BCUT2D eigenvalue weighted by atomic mass is 31.1. The summed E-state index contributed by atoms with van der Waals surface area (Å²) < 4.78 is 13.5. The van der Waals surface area contributed by atoms with Gasteiger partial charge in [-0.15, -0.1) is 9.79 Å². The molecule has 0 aromatic carbocycles. The Labute approximate surface area is 72.9 Å². The Morgan fingerprint density at radius 3 is 1.83 bits per heavy atom. The van der Waals surface area contributed by atoms with Gasteiger partial charge in [0.15, 0.2) is 0 Å². The van der Waals surface area contributed by atoms with Crippen LogP contribution in [0.5, 0.6) is 0 Å². The van der Waals surface area contributed by atoms with E-state index in [4.69, 9.17) is 24.2 Å². The third kappa shape index (κ3) is 16.5. The summed E-state index contributed by atoms with van der Waals surface area (Å²) in [6, 6.07) is 0. The van der Waals surface area contributed by atoms with Crippen molar-refractivity contribution in [2.45, 2.75) is 13.8 Å². The molecule has 12 heavy (non-hydrogen) atoms. The topological polar surface area (TPSA) is 87.0 Å². The number of ether oxygens (including phenoxy) is 1. The van der Waals surface area contributed by atoms with Crippen LogP contribution >= 0.6 is 8.25 Å². The zero-order valence-corrected chi connectivity index (χ0v) is 8.41. The summed E-state index contributed by atoms with van der Waals surface area (Å²) in [4.78, 5) is 14.2. The summed E-state index contributed by atoms with van der Waals surface area (Å²) in [5, 5.41) is 8.65. The van der Waals surface area contributed by atoms with Crippen LogP contribution in [0.1, 0.15) is 13.8 Å². The zero-order chi connectivity index (χ0) is 10.2. The van der Waals surface area contributed by atoms with Gasteiger partial charge in [-0.25, -0.2) is 0 Å². The molecule has 0 unspecified atom stereocenters. The van der Waals surface area contributed by atoms with Gasteiger partial charge in [-0.05, 0) is 0 Å². The van der Waals surface area contributed by atoms with Crippen molar-refractivity contribution in [1.29, 1.82) is 0 Å². The van der Waals surface area contributed by atoms with Gasteiger partial charge in [0.2, 0.25) is 0 Å². The van der Waals surface area contributed by atoms with E-state index in [0.29, 0.717) is 6.61 Å². The van der Waals surface area contributed by atoms with Gasteiger partial charge in [0.1, 0.15) is 0 Å². The number of hydrogen-bond acceptors (Lipinski definition) is 3. The molecule has 0 radical (unpaired) electrons. The molecule has 0 saturated carbocycles. The minimum absolute atomic E-state index is 0.0747. The Hall–Kier alpha value is -0.0600. The van der Waals surface area contributed by atoms with Gasteiger partial charge in [0, 0.05) is 17.1 Å². The molecular weight excluding hydrogens is 183 g/mol. The van der Waals surface area contributed by atoms with E-state index in [9.17, 15) is 0 Å². The van der Waals surface area contributed by atoms with Crippen molar-refractivity contribution in [2.24, 2.45) is 5.41 Å². The van der Waals surface area contributed by atoms with Crippen LogP contribution in [0.25, 0.3) is 0 Å². The largest absolute Gasteiger partial charge is 0.692 e. The first kappa shape index (κ1) is 14.5. The first-order valence-electron chi connectivity index (χ1n) is 3.30. The molecule has 0 fully saturated rings. The molecule has 0 atom stereocenters. The highest BCUT2D eigenvalue weighted by Crippen LogP contribution is 2.12. The number of aliphatic hydroxyl groups is 1. The van der Waals surface area contributed by atoms with E-state index < -0.39 is 8.25 Å². The Morgan fingerprint density at radius 2 is 1.75 bits per heavy atom. The van der Waals surface area contributed by atoms with Crippen LogP contribution in [0.15, 0.2) is 0 Å². The first-order chi connectivity index (χ1) is 5.35. The predicted molar refractivity (Wildman–Crippen MR) is 44.8 cm³/mol. The summed E-state index contributed by atoms with van der Waals surface area (Å²) in [5.41, 5.74) is -0.0747. The van der Waals surface area contributed by atoms with Gasteiger partial charge < -0.3 is 9.84 Å². The average molecular weight is 199 g/mol. The third-order valence-electron chi connectivity index (χ3n) is 0.963. The lowest BCUT2D eigenvalue weighted by Gasteiger charge is -2.19. The third-order valence-corrected chi connectivity index (χ3v) is 0.963. The summed E-state index contributed by atoms with van der Waals surface area (Å²) >= 11 is 0. The number of aliphatic hydroxyl groups excluding tert-OH is 1. The van der Waals surface area contributed by atoms with Crippen LogP contribution in [-0.2, 0) is 9.30 Å². The number of hydrogen-bond donors (Lipinski definition) is 3. The lowest BCUT2D eigenvalue weighted by Crippen LogP contribution is -2.22. The van der Waals surface area contributed by atoms with Crippen molar-refractivity contribution < 1.29 is 24.2 Å². The number of methoxy groups -OCH3 is 1. The van der Waals surface area contributed by atoms with Crippen molar-refractivity contribution >= 4 is 8.25 Å². The van der Waals surface area contributed by atoms with Crippen molar-refractivity contribution in [3.63, 3.8) is 0 Å². The fourth-order valence-electron chi connectivity index (χ4n) is 0.436. The second-order valence-corrected chi connectivity index (χ2v) is 3.51. The zero-order valence-electron chi connectivity index (χ0n) is 7.52. The van der Waals surface area contributed by atoms with Crippen molar-refractivity contribution in [2.75, 3.05) is 20.3 Å². The van der Waals surface area contributed by atoms with Crippen LogP contribution in [-0.4, -0.2) is 35.2 Å². The molecule has 0 amide bonds. The highest BCUT2D eigenvalue weighted by molar-refractivity contribution is 7.30. The quantitative estimate of drug-likeness (QED) is 0.568. The van der Waals surface area contributed by atoms with Gasteiger partial charge in [-0.2, -0.15) is 0 Å². The number of rotatable bonds is 3. The van der Waals surface area contributed by atoms with Gasteiger partial charge in [0.25, 0.3) is 0 Å². The minimum atomic E-state index is -2.87. The summed E-state index contributed by atoms with van der Waals surface area (Å²) in [6.45, 7) is 4.71. The summed E-state index contributed by atoms with van der Waals surface area (Å²) in [5.74, 6) is 0. The molecule has 3 N–H and O–H groups in total. The smallest absolute Gasteiger partial charge is 0.396 e. The average Bonchev–Trinajstić information content (AvgIpc) is 1.86. The molecule has 0 aliphatic carbocycles. The van der Waals surface area contributed by atoms with Crippen LogP contribution in [0, 0.1) is 5.41 Å². The maximum absolute atomic E-state index is 8.70. The van der Waals surface area contributed by atoms with Crippen LogP contribution in [0.2, 0.25) is 0 Å². The molecule has 6 heteroatoms. The second kappa shape index (κ2) is 7.58. The predicted octanol–water partition coefficient (Wildman–Crippen LogP) is 0.280. The van der Waals surface area contributed by atoms with Gasteiger partial charge >= 0.3 is 8.25 Å². The normalized spacial score (nSPS) is 10.2. The molecule has 0 heterocycles. The lowest BCUT2D eigenvalue weighted by atomic mass is 9.97. The van der Waals surface area contributed by atoms with Crippen LogP contribution in [0.4, 0.5) is 0 Å². The van der Waals surface area contributed by atoms with Crippen molar-refractivity contribution in [1.82, 2.24) is 0 Å². The summed E-state index contributed by atoms with van der Waals surface area (Å²) in [6.07, 6.45) is 0. The maximum Gasteiger partial charge on any atom is 0.692 e. The van der Waals surface area contributed by atoms with Crippen LogP contribution in [0.3, 0.4) is 0 Å². The SMILES string of the molecule is COCC(C)(C)CO.O=[P+](O)O. The van der Waals surface area contributed by atoms with E-state index in [1.807, 2.05) is 13.8 Å². The minimum Gasteiger partial charge on any atom is -0.396 e. The molecular formula is C6H16O5P+. The molecule has 0 aromatic rings. The molecule has 5 nitrogen and oxygen atoms in total. The molecule has 0 aliphatic rings. The molecule has 0 rings (SSSR count). The highest BCUT2D eigenvalue weighted by Gasteiger charge is 2.14. The standard InChI is InChI=1S/C6H14O2.HO3P/c1-6(2,4-7)5-8-3;1-4(2)3/h7H,4-5H2,1-3H3;(H-,1,2,3)/p+1. The Bertz CT molecular complexity index is 121. The molecule has 0 spiro atoms. The van der Waals surface area contributed by atoms with E-state index in [-0.39, 0.29) is 12.0 Å². The molecule has 0 bridgehead atoms. The van der Waals surface area contributed by atoms with Gasteiger partial charge in [-0.1, -0.05) is 13.8 Å². The monoisotopic (exact) mass is 199 g/mol. The van der Waals surface area contributed by atoms with Crippen LogP contribution < -0.4 is 0 Å². The Morgan fingerprint density at radius 1 is 1.42 bits per heavy atom. The van der Waals surface area contributed by atoms with Gasteiger partial charge in [-0.3, -0.25) is 0 Å². The van der Waals surface area contributed by atoms with Crippen molar-refractivity contribution in [3.05, 3.63) is 0 Å². The maximum atomic E-state index is 8.70. The Kier molecular flexibility index (Phi) is 9.14. The summed E-state index contributed by atoms with van der Waals surface area (Å²) in [7, 11) is -1.23. The molecule has 0 aromatic heterocycles. The molecule has 0 saturated heterocycles. The van der Waals surface area contributed by atoms with E-state index in [1.165, 1.54) is 0 Å².